The van der Waals surface area contributed by atoms with Gasteiger partial charge in [-0.3, -0.25) is 4.79 Å². The molecule has 0 saturated heterocycles. The normalized spacial score (nSPS) is 11.4. The summed E-state index contributed by atoms with van der Waals surface area (Å²) < 4.78 is 10.7. The number of nitrogens with zero attached hydrogens (tertiary/aromatic N) is 6. The molecule has 0 bridgehead atoms. The number of halogens is 5. The van der Waals surface area contributed by atoms with Gasteiger partial charge in [-0.25, -0.2) is 4.79 Å². The summed E-state index contributed by atoms with van der Waals surface area (Å²) in [7, 11) is 0. The molecule has 0 saturated carbocycles. The van der Waals surface area contributed by atoms with E-state index >= 15 is 0 Å². The first-order chi connectivity index (χ1) is 28.4. The third-order valence-electron chi connectivity index (χ3n) is 8.16. The Morgan fingerprint density at radius 2 is 1.03 bits per heavy atom. The summed E-state index contributed by atoms with van der Waals surface area (Å²) in [6.45, 7) is 2.16. The minimum atomic E-state index is -1.23. The topological polar surface area (TPSA) is 154 Å². The molecule has 2 N–H and O–H groups in total. The first kappa shape index (κ1) is 48.0. The number of rotatable bonds is 9. The number of fused-ring (bicyclic) bond motifs is 2. The Morgan fingerprint density at radius 1 is 0.623 bits per heavy atom. The number of alkyl halides is 1. The minimum Gasteiger partial charge on any atom is -0.506 e. The molecule has 0 aliphatic carbocycles. The summed E-state index contributed by atoms with van der Waals surface area (Å²) in [4.78, 5) is 25.5. The van der Waals surface area contributed by atoms with E-state index in [0.717, 1.165) is 16.6 Å². The molecule has 2 heterocycles. The van der Waals surface area contributed by atoms with Crippen LogP contribution in [0.5, 0.6) is 11.5 Å². The van der Waals surface area contributed by atoms with Crippen molar-refractivity contribution in [3.63, 3.8) is 0 Å². The van der Waals surface area contributed by atoms with Crippen molar-refractivity contribution in [2.24, 2.45) is 0 Å². The number of phenolic OH excluding ortho intramolecular Hbond substituents is 1. The average Bonchev–Trinajstić information content (AvgIpc) is 3.87. The van der Waals surface area contributed by atoms with Crippen LogP contribution < -0.4 is 4.74 Å². The summed E-state index contributed by atoms with van der Waals surface area (Å²) in [5, 5.41) is 38.9. The fraction of sp³-hybridized carbons (Fsp3) is 0.136. The quantitative estimate of drug-likeness (QED) is 0.105. The average molecular weight is 970 g/mol. The molecule has 0 radical (unpaired) electrons. The van der Waals surface area contributed by atoms with Gasteiger partial charge in [0.2, 0.25) is 6.10 Å². The second kappa shape index (κ2) is 22.2. The zero-order valence-electron chi connectivity index (χ0n) is 30.7. The second-order valence-corrected chi connectivity index (χ2v) is 14.9. The van der Waals surface area contributed by atoms with Crippen molar-refractivity contribution in [3.8, 4) is 22.9 Å². The summed E-state index contributed by atoms with van der Waals surface area (Å²) >= 11 is 26.9. The van der Waals surface area contributed by atoms with Crippen molar-refractivity contribution >= 4 is 96.3 Å². The molecule has 12 nitrogen and oxygen atoms in total. The highest BCUT2D eigenvalue weighted by atomic mass is 79.9. The van der Waals surface area contributed by atoms with Gasteiger partial charge in [0.05, 0.1) is 6.61 Å². The smallest absolute Gasteiger partial charge is 0.349 e. The Kier molecular flexibility index (Phi) is 17.5. The Balaban J connectivity index is 0.000000214. The number of hydrogen-bond donors (Lipinski definition) is 2. The van der Waals surface area contributed by atoms with Crippen LogP contribution in [0.15, 0.2) is 133 Å². The zero-order valence-corrected chi connectivity index (χ0v) is 35.3. The number of carbonyl (C=O) groups is 2. The molecule has 2 unspecified atom stereocenters. The van der Waals surface area contributed by atoms with Crippen molar-refractivity contribution in [1.29, 1.82) is 0 Å². The van der Waals surface area contributed by atoms with Gasteiger partial charge in [-0.1, -0.05) is 126 Å². The Hall–Kier alpha value is -5.70. The third kappa shape index (κ3) is 12.4. The first-order valence-corrected chi connectivity index (χ1v) is 20.0. The number of hydrogen-bond acceptors (Lipinski definition) is 9. The van der Waals surface area contributed by atoms with Gasteiger partial charge in [-0.2, -0.15) is 0 Å². The molecule has 0 amide bonds. The summed E-state index contributed by atoms with van der Waals surface area (Å²) in [5.74, 6) is -1.04. The second-order valence-electron chi connectivity index (χ2n) is 12.3. The largest absolute Gasteiger partial charge is 0.506 e. The maximum atomic E-state index is 11.8. The van der Waals surface area contributed by atoms with Crippen LogP contribution in [0, 0.1) is 0 Å². The summed E-state index contributed by atoms with van der Waals surface area (Å²) in [6.07, 6.45) is -1.23. The molecule has 8 rings (SSSR count). The van der Waals surface area contributed by atoms with E-state index in [0.29, 0.717) is 54.7 Å². The Labute approximate surface area is 380 Å². The molecule has 8 aromatic rings. The van der Waals surface area contributed by atoms with E-state index < -0.39 is 16.9 Å². The van der Waals surface area contributed by atoms with E-state index in [4.69, 9.17) is 55.9 Å². The lowest BCUT2D eigenvalue weighted by Crippen LogP contribution is -2.19. The maximum absolute atomic E-state index is 11.8. The molecule has 0 aliphatic rings. The number of aromatic hydroxyl groups is 1. The Morgan fingerprint density at radius 3 is 1.49 bits per heavy atom. The SMILES string of the molecule is C.C.CCOC(=O)C(Br)c1ccc(Cl)cc1.O=C(O)C(Oc1ccc(Cl)cc1-n1nc2ccccc2n1)c1ccc(Cl)cc1.Oc1ccc(Cl)cc1-n1nc2ccccc2n1. The van der Waals surface area contributed by atoms with E-state index in [1.807, 2.05) is 48.5 Å². The number of ether oxygens (including phenoxy) is 2. The van der Waals surface area contributed by atoms with E-state index in [-0.39, 0.29) is 32.3 Å². The molecule has 2 atom stereocenters. The predicted octanol–water partition coefficient (Wildman–Crippen LogP) is 12.3. The lowest BCUT2D eigenvalue weighted by Gasteiger charge is -2.18. The van der Waals surface area contributed by atoms with Gasteiger partial charge in [0.25, 0.3) is 0 Å². The molecule has 6 aromatic carbocycles. The molecule has 61 heavy (non-hydrogen) atoms. The first-order valence-electron chi connectivity index (χ1n) is 17.5. The number of carboxylic acid groups (broad SMARTS) is 1. The number of carbonyl (C=O) groups excluding carboxylic acids is 1. The lowest BCUT2D eigenvalue weighted by molar-refractivity contribution is -0.145. The molecule has 2 aromatic heterocycles. The fourth-order valence-electron chi connectivity index (χ4n) is 5.35. The number of carboxylic acids is 1. The number of benzene rings is 6. The highest BCUT2D eigenvalue weighted by molar-refractivity contribution is 9.09. The molecule has 0 spiro atoms. The van der Waals surface area contributed by atoms with Crippen LogP contribution in [0.2, 0.25) is 20.1 Å². The molecule has 17 heteroatoms. The Bertz CT molecular complexity index is 2650. The van der Waals surface area contributed by atoms with Crippen molar-refractivity contribution in [1.82, 2.24) is 30.0 Å². The van der Waals surface area contributed by atoms with Gasteiger partial charge in [0.15, 0.2) is 0 Å². The number of aliphatic carboxylic acids is 1. The van der Waals surface area contributed by atoms with Crippen molar-refractivity contribution in [2.75, 3.05) is 6.61 Å². The van der Waals surface area contributed by atoms with Gasteiger partial charge in [-0.05, 0) is 97.4 Å². The molecular formula is C44H39BrCl4N6O6. The van der Waals surface area contributed by atoms with Crippen LogP contribution in [0.3, 0.4) is 0 Å². The monoisotopic (exact) mass is 966 g/mol. The van der Waals surface area contributed by atoms with Crippen LogP contribution in [0.1, 0.15) is 43.8 Å². The third-order valence-corrected chi connectivity index (χ3v) is 10.0. The van der Waals surface area contributed by atoms with Crippen LogP contribution >= 0.6 is 62.3 Å². The van der Waals surface area contributed by atoms with Gasteiger partial charge in [0.1, 0.15) is 49.8 Å². The number of phenols is 1. The van der Waals surface area contributed by atoms with Crippen LogP contribution in [0.4, 0.5) is 0 Å². The van der Waals surface area contributed by atoms with E-state index in [9.17, 15) is 19.8 Å². The van der Waals surface area contributed by atoms with Gasteiger partial charge in [-0.15, -0.1) is 30.0 Å². The highest BCUT2D eigenvalue weighted by Crippen LogP contribution is 2.32. The van der Waals surface area contributed by atoms with E-state index in [2.05, 4.69) is 36.3 Å². The van der Waals surface area contributed by atoms with E-state index in [1.54, 1.807) is 85.8 Å². The van der Waals surface area contributed by atoms with Crippen molar-refractivity contribution in [3.05, 3.63) is 165 Å². The van der Waals surface area contributed by atoms with Crippen LogP contribution in [0.25, 0.3) is 33.4 Å². The maximum Gasteiger partial charge on any atom is 0.349 e. The van der Waals surface area contributed by atoms with Gasteiger partial charge >= 0.3 is 11.9 Å². The summed E-state index contributed by atoms with van der Waals surface area (Å²) in [6, 6.07) is 38.0. The number of aromatic nitrogens is 6. The number of esters is 1. The van der Waals surface area contributed by atoms with Gasteiger partial charge < -0.3 is 19.7 Å². The van der Waals surface area contributed by atoms with Crippen molar-refractivity contribution < 1.29 is 29.3 Å². The standard InChI is InChI=1S/C20H13Cl2N3O3.C12H8ClN3O.C10H10BrClO2.2CH4/c21-13-7-5-12(6-8-13)19(20(26)27)28-18-10-9-14(22)11-17(18)25-23-15-3-1-2-4-16(15)24-25;13-8-5-6-12(17)11(7-8)16-14-9-3-1-2-4-10(9)15-16;1-2-14-10(13)9(11)7-3-5-8(12)6-4-7;;/h1-11,19H,(H,26,27);1-7,17H;3-6,9H,2H2,1H3;2*1H4. The summed E-state index contributed by atoms with van der Waals surface area (Å²) in [5.41, 5.74) is 5.13. The molecular weight excluding hydrogens is 930 g/mol. The van der Waals surface area contributed by atoms with E-state index in [1.165, 1.54) is 15.7 Å². The zero-order chi connectivity index (χ0) is 42.1. The lowest BCUT2D eigenvalue weighted by atomic mass is 10.1. The molecule has 316 valence electrons. The van der Waals surface area contributed by atoms with Gasteiger partial charge in [0, 0.05) is 25.7 Å². The predicted molar refractivity (Wildman–Crippen MR) is 245 cm³/mol. The molecule has 0 aliphatic heterocycles. The van der Waals surface area contributed by atoms with Crippen LogP contribution in [-0.2, 0) is 14.3 Å². The fourth-order valence-corrected chi connectivity index (χ4v) is 6.37. The highest BCUT2D eigenvalue weighted by Gasteiger charge is 2.24. The molecule has 0 fully saturated rings. The van der Waals surface area contributed by atoms with Crippen LogP contribution in [-0.4, -0.2) is 58.7 Å². The minimum absolute atomic E-state index is 0. The van der Waals surface area contributed by atoms with Crippen molar-refractivity contribution in [2.45, 2.75) is 32.7 Å².